The van der Waals surface area contributed by atoms with Crippen molar-refractivity contribution >= 4 is 5.69 Å². The van der Waals surface area contributed by atoms with Gasteiger partial charge in [0.05, 0.1) is 0 Å². The summed E-state index contributed by atoms with van der Waals surface area (Å²) in [5.74, 6) is 0.770. The molecule has 3 aromatic rings. The molecule has 1 fully saturated rings. The lowest BCUT2D eigenvalue weighted by Crippen LogP contribution is -2.44. The molecular formula is C22H27N5. The quantitative estimate of drug-likeness (QED) is 0.747. The highest BCUT2D eigenvalue weighted by Crippen LogP contribution is 2.24. The Hall–Kier alpha value is -2.66. The molecule has 2 aromatic carbocycles. The number of hydrogen-bond donors (Lipinski definition) is 1. The SMILES string of the molecule is C[C@@H]1C[C@H](Nc2ccc(-c3ncn(C)n3)cc2)CCN1Cc1ccccc1. The van der Waals surface area contributed by atoms with Gasteiger partial charge in [-0.2, -0.15) is 5.10 Å². The number of piperidine rings is 1. The number of rotatable bonds is 5. The third kappa shape index (κ3) is 4.37. The highest BCUT2D eigenvalue weighted by molar-refractivity contribution is 5.59. The Balaban J connectivity index is 1.33. The van der Waals surface area contributed by atoms with Crippen molar-refractivity contribution in [2.75, 3.05) is 11.9 Å². The van der Waals surface area contributed by atoms with Crippen LogP contribution in [0, 0.1) is 0 Å². The standard InChI is InChI=1S/C22H27N5/c1-17-14-21(12-13-27(17)15-18-6-4-3-5-7-18)24-20-10-8-19(9-11-20)22-23-16-26(2)25-22/h3-11,16-17,21,24H,12-15H2,1-2H3/t17-,21-/m1/s1. The number of nitrogens with zero attached hydrogens (tertiary/aromatic N) is 4. The lowest BCUT2D eigenvalue weighted by molar-refractivity contribution is 0.144. The van der Waals surface area contributed by atoms with Crippen LogP contribution in [0.4, 0.5) is 5.69 Å². The zero-order valence-electron chi connectivity index (χ0n) is 16.0. The number of aromatic nitrogens is 3. The zero-order chi connectivity index (χ0) is 18.6. The monoisotopic (exact) mass is 361 g/mol. The lowest BCUT2D eigenvalue weighted by atomic mass is 9.97. The van der Waals surface area contributed by atoms with Gasteiger partial charge in [0.15, 0.2) is 5.82 Å². The molecule has 5 nitrogen and oxygen atoms in total. The van der Waals surface area contributed by atoms with E-state index >= 15 is 0 Å². The average Bonchev–Trinajstić information content (AvgIpc) is 3.12. The van der Waals surface area contributed by atoms with Gasteiger partial charge >= 0.3 is 0 Å². The van der Waals surface area contributed by atoms with E-state index in [0.29, 0.717) is 12.1 Å². The van der Waals surface area contributed by atoms with E-state index in [1.54, 1.807) is 11.0 Å². The molecule has 2 atom stereocenters. The summed E-state index contributed by atoms with van der Waals surface area (Å²) in [7, 11) is 1.89. The summed E-state index contributed by atoms with van der Waals surface area (Å²) < 4.78 is 1.73. The molecule has 0 spiro atoms. The highest BCUT2D eigenvalue weighted by Gasteiger charge is 2.25. The minimum atomic E-state index is 0.519. The second-order valence-electron chi connectivity index (χ2n) is 7.49. The summed E-state index contributed by atoms with van der Waals surface area (Å²) in [5, 5.41) is 8.07. The van der Waals surface area contributed by atoms with Crippen LogP contribution in [0.25, 0.3) is 11.4 Å². The molecule has 0 bridgehead atoms. The van der Waals surface area contributed by atoms with Crippen molar-refractivity contribution in [2.45, 2.75) is 38.4 Å². The van der Waals surface area contributed by atoms with Crippen LogP contribution < -0.4 is 5.32 Å². The van der Waals surface area contributed by atoms with Crippen LogP contribution in [0.5, 0.6) is 0 Å². The molecule has 140 valence electrons. The van der Waals surface area contributed by atoms with Gasteiger partial charge in [0.25, 0.3) is 0 Å². The van der Waals surface area contributed by atoms with E-state index in [9.17, 15) is 0 Å². The summed E-state index contributed by atoms with van der Waals surface area (Å²) in [6.07, 6.45) is 4.06. The first-order valence-corrected chi connectivity index (χ1v) is 9.68. The average molecular weight is 361 g/mol. The minimum absolute atomic E-state index is 0.519. The Bertz CT molecular complexity index is 856. The van der Waals surface area contributed by atoms with Gasteiger partial charge in [0, 0.05) is 43.5 Å². The molecule has 0 amide bonds. The molecule has 1 saturated heterocycles. The summed E-state index contributed by atoms with van der Waals surface area (Å²) in [6, 6.07) is 20.3. The Labute approximate surface area is 161 Å². The molecule has 5 heteroatoms. The van der Waals surface area contributed by atoms with E-state index in [2.05, 4.69) is 81.8 Å². The van der Waals surface area contributed by atoms with Crippen molar-refractivity contribution in [1.82, 2.24) is 19.7 Å². The Morgan fingerprint density at radius 1 is 1.07 bits per heavy atom. The van der Waals surface area contributed by atoms with E-state index in [-0.39, 0.29) is 0 Å². The van der Waals surface area contributed by atoms with Crippen LogP contribution in [0.2, 0.25) is 0 Å². The summed E-state index contributed by atoms with van der Waals surface area (Å²) in [6.45, 7) is 4.51. The van der Waals surface area contributed by atoms with Crippen LogP contribution in [0.1, 0.15) is 25.3 Å². The first kappa shape index (κ1) is 17.7. The number of nitrogens with one attached hydrogen (secondary N) is 1. The highest BCUT2D eigenvalue weighted by atomic mass is 15.3. The molecule has 1 aliphatic heterocycles. The molecule has 0 saturated carbocycles. The molecule has 1 aromatic heterocycles. The molecule has 4 rings (SSSR count). The van der Waals surface area contributed by atoms with Crippen molar-refractivity contribution in [3.05, 3.63) is 66.5 Å². The molecule has 2 heterocycles. The van der Waals surface area contributed by atoms with E-state index in [4.69, 9.17) is 0 Å². The van der Waals surface area contributed by atoms with E-state index in [0.717, 1.165) is 30.9 Å². The van der Waals surface area contributed by atoms with E-state index in [1.807, 2.05) is 7.05 Å². The van der Waals surface area contributed by atoms with Gasteiger partial charge in [-0.05, 0) is 49.6 Å². The van der Waals surface area contributed by atoms with Gasteiger partial charge in [0.2, 0.25) is 0 Å². The number of hydrogen-bond acceptors (Lipinski definition) is 4. The van der Waals surface area contributed by atoms with Gasteiger partial charge in [0.1, 0.15) is 6.33 Å². The zero-order valence-corrected chi connectivity index (χ0v) is 16.0. The van der Waals surface area contributed by atoms with Gasteiger partial charge in [-0.3, -0.25) is 9.58 Å². The van der Waals surface area contributed by atoms with Gasteiger partial charge in [-0.1, -0.05) is 30.3 Å². The number of benzene rings is 2. The summed E-state index contributed by atoms with van der Waals surface area (Å²) in [5.41, 5.74) is 3.62. The van der Waals surface area contributed by atoms with Gasteiger partial charge < -0.3 is 5.32 Å². The van der Waals surface area contributed by atoms with Crippen molar-refractivity contribution < 1.29 is 0 Å². The molecule has 0 radical (unpaired) electrons. The van der Waals surface area contributed by atoms with Crippen LogP contribution in [-0.4, -0.2) is 38.3 Å². The fourth-order valence-electron chi connectivity index (χ4n) is 3.83. The van der Waals surface area contributed by atoms with E-state index in [1.165, 1.54) is 17.7 Å². The minimum Gasteiger partial charge on any atom is -0.382 e. The third-order valence-electron chi connectivity index (χ3n) is 5.36. The number of likely N-dealkylation sites (tertiary alicyclic amines) is 1. The van der Waals surface area contributed by atoms with Crippen molar-refractivity contribution in [2.24, 2.45) is 7.05 Å². The number of aryl methyl sites for hydroxylation is 1. The maximum absolute atomic E-state index is 4.36. The first-order valence-electron chi connectivity index (χ1n) is 9.68. The molecule has 1 aliphatic rings. The Kier molecular flexibility index (Phi) is 5.21. The molecule has 1 N–H and O–H groups in total. The second kappa shape index (κ2) is 7.92. The van der Waals surface area contributed by atoms with Gasteiger partial charge in [-0.15, -0.1) is 0 Å². The van der Waals surface area contributed by atoms with Crippen LogP contribution in [0.3, 0.4) is 0 Å². The smallest absolute Gasteiger partial charge is 0.181 e. The van der Waals surface area contributed by atoms with E-state index < -0.39 is 0 Å². The van der Waals surface area contributed by atoms with Crippen molar-refractivity contribution in [3.8, 4) is 11.4 Å². The molecular weight excluding hydrogens is 334 g/mol. The van der Waals surface area contributed by atoms with Crippen LogP contribution in [0.15, 0.2) is 60.9 Å². The second-order valence-corrected chi connectivity index (χ2v) is 7.49. The third-order valence-corrected chi connectivity index (χ3v) is 5.36. The molecule has 0 aliphatic carbocycles. The fourth-order valence-corrected chi connectivity index (χ4v) is 3.83. The van der Waals surface area contributed by atoms with Crippen molar-refractivity contribution in [3.63, 3.8) is 0 Å². The van der Waals surface area contributed by atoms with Gasteiger partial charge in [-0.25, -0.2) is 4.98 Å². The Morgan fingerprint density at radius 2 is 1.85 bits per heavy atom. The Morgan fingerprint density at radius 3 is 2.52 bits per heavy atom. The largest absolute Gasteiger partial charge is 0.382 e. The summed E-state index contributed by atoms with van der Waals surface area (Å²) in [4.78, 5) is 6.90. The van der Waals surface area contributed by atoms with Crippen LogP contribution in [-0.2, 0) is 13.6 Å². The maximum Gasteiger partial charge on any atom is 0.181 e. The number of anilines is 1. The normalized spacial score (nSPS) is 20.5. The predicted molar refractivity (Wildman–Crippen MR) is 109 cm³/mol. The molecule has 0 unspecified atom stereocenters. The predicted octanol–water partition coefficient (Wildman–Crippen LogP) is 3.95. The van der Waals surface area contributed by atoms with Crippen LogP contribution >= 0.6 is 0 Å². The maximum atomic E-state index is 4.36. The first-order chi connectivity index (χ1) is 13.2. The lowest BCUT2D eigenvalue weighted by Gasteiger charge is -2.38. The summed E-state index contributed by atoms with van der Waals surface area (Å²) >= 11 is 0. The topological polar surface area (TPSA) is 46.0 Å². The van der Waals surface area contributed by atoms with Crippen molar-refractivity contribution in [1.29, 1.82) is 0 Å². The fraction of sp³-hybridized carbons (Fsp3) is 0.364. The molecule has 27 heavy (non-hydrogen) atoms.